The molecule has 1 aromatic heterocycles. The molecule has 3 rings (SSSR count). The van der Waals surface area contributed by atoms with Gasteiger partial charge in [0.05, 0.1) is 17.7 Å². The summed E-state index contributed by atoms with van der Waals surface area (Å²) in [5.41, 5.74) is 3.06. The van der Waals surface area contributed by atoms with Gasteiger partial charge in [0.1, 0.15) is 0 Å². The number of benzene rings is 2. The van der Waals surface area contributed by atoms with E-state index in [1.807, 2.05) is 73.9 Å². The van der Waals surface area contributed by atoms with Gasteiger partial charge in [0.15, 0.2) is 11.0 Å². The molecule has 0 spiro atoms. The molecule has 0 aliphatic carbocycles. The highest BCUT2D eigenvalue weighted by Gasteiger charge is 2.20. The van der Waals surface area contributed by atoms with Crippen molar-refractivity contribution in [3.8, 4) is 23.1 Å². The van der Waals surface area contributed by atoms with E-state index < -0.39 is 0 Å². The Bertz CT molecular complexity index is 1040. The minimum Gasteiger partial charge on any atom is -0.341 e. The van der Waals surface area contributed by atoms with Gasteiger partial charge in [0.25, 0.3) is 0 Å². The Labute approximate surface area is 181 Å². The molecule has 1 heterocycles. The molecule has 0 saturated heterocycles. The van der Waals surface area contributed by atoms with E-state index in [2.05, 4.69) is 22.3 Å². The van der Waals surface area contributed by atoms with Crippen LogP contribution in [0.25, 0.3) is 17.1 Å². The van der Waals surface area contributed by atoms with Gasteiger partial charge in [-0.05, 0) is 39.0 Å². The van der Waals surface area contributed by atoms with Crippen LogP contribution in [0.3, 0.4) is 0 Å². The molecule has 30 heavy (non-hydrogen) atoms. The van der Waals surface area contributed by atoms with Crippen LogP contribution in [0, 0.1) is 24.2 Å². The van der Waals surface area contributed by atoms with Crippen LogP contribution in [0.5, 0.6) is 0 Å². The van der Waals surface area contributed by atoms with Crippen LogP contribution >= 0.6 is 11.8 Å². The van der Waals surface area contributed by atoms with E-state index in [1.54, 1.807) is 4.90 Å². The van der Waals surface area contributed by atoms with Crippen molar-refractivity contribution in [2.45, 2.75) is 25.9 Å². The maximum atomic E-state index is 12.7. The van der Waals surface area contributed by atoms with E-state index in [0.29, 0.717) is 18.2 Å². The van der Waals surface area contributed by atoms with E-state index in [1.165, 1.54) is 11.8 Å². The van der Waals surface area contributed by atoms with Crippen molar-refractivity contribution >= 4 is 17.7 Å². The topological polar surface area (TPSA) is 74.8 Å². The number of rotatable bonds is 8. The minimum absolute atomic E-state index is 0.00989. The molecule has 154 valence electrons. The number of para-hydroxylation sites is 1. The lowest BCUT2D eigenvalue weighted by atomic mass is 10.1. The zero-order valence-electron chi connectivity index (χ0n) is 17.4. The number of amides is 1. The van der Waals surface area contributed by atoms with Gasteiger partial charge >= 0.3 is 0 Å². The van der Waals surface area contributed by atoms with E-state index in [9.17, 15) is 4.79 Å². The highest BCUT2D eigenvalue weighted by atomic mass is 32.2. The first kappa shape index (κ1) is 21.6. The van der Waals surface area contributed by atoms with Gasteiger partial charge in [-0.2, -0.15) is 5.26 Å². The standard InChI is InChI=1S/C23H25N5OS/c1-4-27(15-18(3)14-24)21(29)16-30-23-26-25-22(19-10-8-9-17(2)13-19)28(23)20-11-6-5-7-12-20/h5-13,18H,4,15-16H2,1-3H3. The molecule has 0 bridgehead atoms. The predicted molar refractivity (Wildman–Crippen MR) is 119 cm³/mol. The molecule has 1 amide bonds. The minimum atomic E-state index is -0.195. The molecular weight excluding hydrogens is 394 g/mol. The van der Waals surface area contributed by atoms with Crippen LogP contribution < -0.4 is 0 Å². The summed E-state index contributed by atoms with van der Waals surface area (Å²) in [5.74, 6) is 0.777. The number of thioether (sulfide) groups is 1. The second-order valence-electron chi connectivity index (χ2n) is 7.10. The van der Waals surface area contributed by atoms with Crippen LogP contribution in [0.1, 0.15) is 19.4 Å². The number of hydrogen-bond donors (Lipinski definition) is 0. The van der Waals surface area contributed by atoms with Gasteiger partial charge in [-0.3, -0.25) is 9.36 Å². The van der Waals surface area contributed by atoms with Crippen LogP contribution in [0.4, 0.5) is 0 Å². The average molecular weight is 420 g/mol. The monoisotopic (exact) mass is 419 g/mol. The average Bonchev–Trinajstić information content (AvgIpc) is 3.20. The summed E-state index contributed by atoms with van der Waals surface area (Å²) in [5, 5.41) is 18.5. The summed E-state index contributed by atoms with van der Waals surface area (Å²) in [7, 11) is 0. The number of carbonyl (C=O) groups is 1. The summed E-state index contributed by atoms with van der Waals surface area (Å²) in [6.07, 6.45) is 0. The van der Waals surface area contributed by atoms with E-state index in [4.69, 9.17) is 5.26 Å². The van der Waals surface area contributed by atoms with Crippen molar-refractivity contribution in [1.82, 2.24) is 19.7 Å². The number of aryl methyl sites for hydroxylation is 1. The van der Waals surface area contributed by atoms with Gasteiger partial charge in [0, 0.05) is 24.3 Å². The van der Waals surface area contributed by atoms with E-state index >= 15 is 0 Å². The zero-order valence-corrected chi connectivity index (χ0v) is 18.3. The van der Waals surface area contributed by atoms with Crippen molar-refractivity contribution in [2.24, 2.45) is 5.92 Å². The first-order valence-corrected chi connectivity index (χ1v) is 10.9. The molecule has 0 saturated carbocycles. The van der Waals surface area contributed by atoms with E-state index in [-0.39, 0.29) is 17.6 Å². The van der Waals surface area contributed by atoms with Gasteiger partial charge in [-0.15, -0.1) is 10.2 Å². The van der Waals surface area contributed by atoms with Gasteiger partial charge < -0.3 is 4.90 Å². The molecule has 7 heteroatoms. The van der Waals surface area contributed by atoms with Gasteiger partial charge in [0.2, 0.25) is 5.91 Å². The molecule has 1 atom stereocenters. The number of carbonyl (C=O) groups excluding carboxylic acids is 1. The summed E-state index contributed by atoms with van der Waals surface area (Å²) in [4.78, 5) is 14.4. The quantitative estimate of drug-likeness (QED) is 0.508. The Balaban J connectivity index is 1.88. The van der Waals surface area contributed by atoms with Crippen LogP contribution in [-0.2, 0) is 4.79 Å². The third-order valence-electron chi connectivity index (χ3n) is 4.70. The predicted octanol–water partition coefficient (Wildman–Crippen LogP) is 4.34. The fourth-order valence-electron chi connectivity index (χ4n) is 3.14. The summed E-state index contributed by atoms with van der Waals surface area (Å²) >= 11 is 1.36. The SMILES string of the molecule is CCN(CC(C)C#N)C(=O)CSc1nnc(-c2cccc(C)c2)n1-c1ccccc1. The summed E-state index contributed by atoms with van der Waals surface area (Å²) < 4.78 is 1.99. The van der Waals surface area contributed by atoms with Crippen LogP contribution in [-0.4, -0.2) is 44.4 Å². The molecule has 1 unspecified atom stereocenters. The Morgan fingerprint density at radius 1 is 1.20 bits per heavy atom. The lowest BCUT2D eigenvalue weighted by molar-refractivity contribution is -0.128. The lowest BCUT2D eigenvalue weighted by Gasteiger charge is -2.21. The Morgan fingerprint density at radius 2 is 1.97 bits per heavy atom. The second kappa shape index (κ2) is 10.1. The maximum Gasteiger partial charge on any atom is 0.233 e. The number of hydrogen-bond acceptors (Lipinski definition) is 5. The molecular formula is C23H25N5OS. The van der Waals surface area contributed by atoms with Crippen LogP contribution in [0.2, 0.25) is 0 Å². The van der Waals surface area contributed by atoms with Crippen molar-refractivity contribution in [3.63, 3.8) is 0 Å². The third-order valence-corrected chi connectivity index (χ3v) is 5.61. The number of nitriles is 1. The highest BCUT2D eigenvalue weighted by Crippen LogP contribution is 2.28. The zero-order chi connectivity index (χ0) is 21.5. The van der Waals surface area contributed by atoms with E-state index in [0.717, 1.165) is 22.6 Å². The van der Waals surface area contributed by atoms with Crippen molar-refractivity contribution in [1.29, 1.82) is 5.26 Å². The molecule has 6 nitrogen and oxygen atoms in total. The van der Waals surface area contributed by atoms with Gasteiger partial charge in [-0.1, -0.05) is 53.7 Å². The summed E-state index contributed by atoms with van der Waals surface area (Å²) in [6, 6.07) is 20.2. The summed E-state index contributed by atoms with van der Waals surface area (Å²) in [6.45, 7) is 6.80. The fourth-order valence-corrected chi connectivity index (χ4v) is 4.00. The molecule has 0 radical (unpaired) electrons. The second-order valence-corrected chi connectivity index (χ2v) is 8.04. The van der Waals surface area contributed by atoms with Gasteiger partial charge in [-0.25, -0.2) is 0 Å². The number of aromatic nitrogens is 3. The maximum absolute atomic E-state index is 12.7. The first-order chi connectivity index (χ1) is 14.5. The smallest absolute Gasteiger partial charge is 0.233 e. The Hall–Kier alpha value is -3.11. The molecule has 3 aromatic rings. The number of nitrogens with zero attached hydrogens (tertiary/aromatic N) is 5. The Morgan fingerprint density at radius 3 is 2.63 bits per heavy atom. The lowest BCUT2D eigenvalue weighted by Crippen LogP contribution is -2.35. The third kappa shape index (κ3) is 5.08. The largest absolute Gasteiger partial charge is 0.341 e. The van der Waals surface area contributed by atoms with Crippen molar-refractivity contribution in [3.05, 3.63) is 60.2 Å². The fraction of sp³-hybridized carbons (Fsp3) is 0.304. The molecule has 0 aliphatic heterocycles. The normalized spacial score (nSPS) is 11.7. The molecule has 2 aromatic carbocycles. The first-order valence-electron chi connectivity index (χ1n) is 9.91. The molecule has 0 fully saturated rings. The molecule has 0 aliphatic rings. The highest BCUT2D eigenvalue weighted by molar-refractivity contribution is 7.99. The Kier molecular flexibility index (Phi) is 7.26. The van der Waals surface area contributed by atoms with Crippen molar-refractivity contribution in [2.75, 3.05) is 18.8 Å². The van der Waals surface area contributed by atoms with Crippen molar-refractivity contribution < 1.29 is 4.79 Å². The molecule has 0 N–H and O–H groups in total. The van der Waals surface area contributed by atoms with Crippen LogP contribution in [0.15, 0.2) is 59.8 Å².